The first-order valence-corrected chi connectivity index (χ1v) is 8.79. The fourth-order valence-electron chi connectivity index (χ4n) is 3.00. The van der Waals surface area contributed by atoms with Gasteiger partial charge in [0.2, 0.25) is 0 Å². The third-order valence-corrected chi connectivity index (χ3v) is 4.36. The van der Waals surface area contributed by atoms with E-state index >= 15 is 0 Å². The van der Waals surface area contributed by atoms with E-state index in [1.165, 1.54) is 11.6 Å². The average molecular weight is 343 g/mol. The van der Waals surface area contributed by atoms with Gasteiger partial charge in [-0.1, -0.05) is 48.5 Å². The first-order chi connectivity index (χ1) is 12.0. The number of hydrogen-bond acceptors (Lipinski definition) is 2. The van der Waals surface area contributed by atoms with Gasteiger partial charge in [0.1, 0.15) is 5.82 Å². The zero-order valence-corrected chi connectivity index (χ0v) is 14.6. The maximum Gasteiger partial charge on any atom is 0.303 e. The number of carboxylic acid groups (broad SMARTS) is 1. The van der Waals surface area contributed by atoms with Gasteiger partial charge in [-0.15, -0.1) is 0 Å². The van der Waals surface area contributed by atoms with E-state index in [1.54, 1.807) is 6.07 Å². The van der Waals surface area contributed by atoms with Gasteiger partial charge in [-0.05, 0) is 49.8 Å². The molecular weight excluding hydrogens is 317 g/mol. The van der Waals surface area contributed by atoms with Crippen molar-refractivity contribution in [1.29, 1.82) is 0 Å². The number of aliphatic carboxylic acids is 1. The number of benzene rings is 2. The third-order valence-electron chi connectivity index (χ3n) is 4.36. The molecule has 2 atom stereocenters. The Hall–Kier alpha value is -2.20. The van der Waals surface area contributed by atoms with Crippen LogP contribution in [0.25, 0.3) is 0 Å². The minimum Gasteiger partial charge on any atom is -0.481 e. The molecule has 2 rings (SSSR count). The Balaban J connectivity index is 1.90. The monoisotopic (exact) mass is 343 g/mol. The lowest BCUT2D eigenvalue weighted by Gasteiger charge is -2.23. The van der Waals surface area contributed by atoms with Crippen molar-refractivity contribution in [3.63, 3.8) is 0 Å². The lowest BCUT2D eigenvalue weighted by molar-refractivity contribution is -0.137. The Bertz CT molecular complexity index is 660. The quantitative estimate of drug-likeness (QED) is 0.679. The van der Waals surface area contributed by atoms with E-state index in [0.29, 0.717) is 12.8 Å². The van der Waals surface area contributed by atoms with Crippen molar-refractivity contribution < 1.29 is 14.3 Å². The van der Waals surface area contributed by atoms with Gasteiger partial charge in [0.15, 0.2) is 0 Å². The van der Waals surface area contributed by atoms with Gasteiger partial charge in [0.05, 0.1) is 0 Å². The van der Waals surface area contributed by atoms with Gasteiger partial charge >= 0.3 is 5.97 Å². The molecule has 2 aromatic rings. The average Bonchev–Trinajstić information content (AvgIpc) is 2.60. The van der Waals surface area contributed by atoms with Crippen LogP contribution in [0.4, 0.5) is 4.39 Å². The van der Waals surface area contributed by atoms with Crippen LogP contribution in [0.15, 0.2) is 54.6 Å². The largest absolute Gasteiger partial charge is 0.481 e. The van der Waals surface area contributed by atoms with Crippen molar-refractivity contribution in [1.82, 2.24) is 5.32 Å². The Labute approximate surface area is 148 Å². The molecule has 134 valence electrons. The van der Waals surface area contributed by atoms with Crippen LogP contribution in [0.3, 0.4) is 0 Å². The highest BCUT2D eigenvalue weighted by molar-refractivity contribution is 5.66. The van der Waals surface area contributed by atoms with E-state index in [4.69, 9.17) is 5.11 Å². The number of nitrogens with one attached hydrogen (secondary N) is 1. The lowest BCUT2D eigenvalue weighted by Crippen LogP contribution is -2.38. The zero-order valence-electron chi connectivity index (χ0n) is 14.6. The van der Waals surface area contributed by atoms with E-state index in [0.717, 1.165) is 18.4 Å². The molecule has 0 spiro atoms. The molecule has 2 N–H and O–H groups in total. The number of carbonyl (C=O) groups is 1. The molecule has 2 unspecified atom stereocenters. The van der Waals surface area contributed by atoms with E-state index in [2.05, 4.69) is 24.4 Å². The summed E-state index contributed by atoms with van der Waals surface area (Å²) >= 11 is 0. The summed E-state index contributed by atoms with van der Waals surface area (Å²) in [7, 11) is 0. The number of halogens is 1. The fourth-order valence-corrected chi connectivity index (χ4v) is 3.00. The van der Waals surface area contributed by atoms with E-state index in [1.807, 2.05) is 30.3 Å². The van der Waals surface area contributed by atoms with Crippen LogP contribution >= 0.6 is 0 Å². The molecule has 0 radical (unpaired) electrons. The lowest BCUT2D eigenvalue weighted by atomic mass is 9.99. The summed E-state index contributed by atoms with van der Waals surface area (Å²) in [6.07, 6.45) is 2.98. The van der Waals surface area contributed by atoms with Crippen LogP contribution in [0, 0.1) is 5.82 Å². The first-order valence-electron chi connectivity index (χ1n) is 8.79. The first kappa shape index (κ1) is 19.1. The molecule has 0 saturated carbocycles. The van der Waals surface area contributed by atoms with Crippen LogP contribution in [0.2, 0.25) is 0 Å². The van der Waals surface area contributed by atoms with Crippen molar-refractivity contribution in [2.45, 2.75) is 51.1 Å². The number of aryl methyl sites for hydroxylation is 1. The second-order valence-electron chi connectivity index (χ2n) is 6.52. The summed E-state index contributed by atoms with van der Waals surface area (Å²) in [5.41, 5.74) is 1.91. The minimum atomic E-state index is -0.779. The van der Waals surface area contributed by atoms with Gasteiger partial charge in [0, 0.05) is 18.5 Å². The molecule has 0 amide bonds. The minimum absolute atomic E-state index is 0.0918. The maximum atomic E-state index is 13.7. The smallest absolute Gasteiger partial charge is 0.303 e. The Kier molecular flexibility index (Phi) is 7.61. The Morgan fingerprint density at radius 3 is 2.44 bits per heavy atom. The normalized spacial score (nSPS) is 13.4. The van der Waals surface area contributed by atoms with Gasteiger partial charge in [-0.25, -0.2) is 4.39 Å². The molecule has 0 aliphatic carbocycles. The van der Waals surface area contributed by atoms with Gasteiger partial charge in [-0.2, -0.15) is 0 Å². The van der Waals surface area contributed by atoms with Gasteiger partial charge < -0.3 is 10.4 Å². The summed E-state index contributed by atoms with van der Waals surface area (Å²) in [5.74, 6) is -0.944. The van der Waals surface area contributed by atoms with Crippen molar-refractivity contribution in [2.24, 2.45) is 0 Å². The van der Waals surface area contributed by atoms with E-state index in [9.17, 15) is 9.18 Å². The summed E-state index contributed by atoms with van der Waals surface area (Å²) in [6, 6.07) is 17.2. The van der Waals surface area contributed by atoms with Crippen molar-refractivity contribution in [2.75, 3.05) is 0 Å². The van der Waals surface area contributed by atoms with Crippen LogP contribution in [-0.4, -0.2) is 23.2 Å². The van der Waals surface area contributed by atoms with Crippen molar-refractivity contribution in [3.05, 3.63) is 71.5 Å². The molecule has 0 fully saturated rings. The zero-order chi connectivity index (χ0) is 18.1. The third kappa shape index (κ3) is 7.06. The van der Waals surface area contributed by atoms with Gasteiger partial charge in [-0.3, -0.25) is 4.79 Å². The molecule has 0 aliphatic rings. The summed E-state index contributed by atoms with van der Waals surface area (Å²) in [5, 5.41) is 12.5. The van der Waals surface area contributed by atoms with E-state index in [-0.39, 0.29) is 24.3 Å². The maximum absolute atomic E-state index is 13.7. The molecule has 25 heavy (non-hydrogen) atoms. The fraction of sp³-hybridized carbons (Fsp3) is 0.381. The predicted octanol–water partition coefficient (Wildman–Crippen LogP) is 4.21. The standard InChI is InChI=1S/C21H26FNO2/c1-16(11-12-18-9-5-6-10-20(18)22)23-19(13-14-21(24)25)15-17-7-3-2-4-8-17/h2-10,16,19,23H,11-15H2,1H3,(H,24,25). The second-order valence-corrected chi connectivity index (χ2v) is 6.52. The highest BCUT2D eigenvalue weighted by Gasteiger charge is 2.15. The summed E-state index contributed by atoms with van der Waals surface area (Å²) in [4.78, 5) is 10.9. The van der Waals surface area contributed by atoms with Gasteiger partial charge in [0.25, 0.3) is 0 Å². The molecule has 2 aromatic carbocycles. The molecule has 0 bridgehead atoms. The van der Waals surface area contributed by atoms with Crippen LogP contribution in [0.1, 0.15) is 37.3 Å². The number of rotatable bonds is 10. The molecule has 3 nitrogen and oxygen atoms in total. The highest BCUT2D eigenvalue weighted by Crippen LogP contribution is 2.13. The predicted molar refractivity (Wildman–Crippen MR) is 98.1 cm³/mol. The SMILES string of the molecule is CC(CCc1ccccc1F)NC(CCC(=O)O)Cc1ccccc1. The van der Waals surface area contributed by atoms with Crippen molar-refractivity contribution in [3.8, 4) is 0 Å². The molecular formula is C21H26FNO2. The number of carboxylic acids is 1. The number of hydrogen-bond donors (Lipinski definition) is 2. The molecule has 0 heterocycles. The van der Waals surface area contributed by atoms with E-state index < -0.39 is 5.97 Å². The molecule has 0 aromatic heterocycles. The van der Waals surface area contributed by atoms with Crippen LogP contribution in [0.5, 0.6) is 0 Å². The Morgan fingerprint density at radius 1 is 1.08 bits per heavy atom. The van der Waals surface area contributed by atoms with Crippen molar-refractivity contribution >= 4 is 5.97 Å². The summed E-state index contributed by atoms with van der Waals surface area (Å²) in [6.45, 7) is 2.07. The van der Waals surface area contributed by atoms with Crippen LogP contribution in [-0.2, 0) is 17.6 Å². The molecule has 0 aliphatic heterocycles. The molecule has 0 saturated heterocycles. The highest BCUT2D eigenvalue weighted by atomic mass is 19.1. The molecule has 4 heteroatoms. The topological polar surface area (TPSA) is 49.3 Å². The summed E-state index contributed by atoms with van der Waals surface area (Å²) < 4.78 is 13.7. The Morgan fingerprint density at radius 2 is 1.76 bits per heavy atom. The van der Waals surface area contributed by atoms with Crippen LogP contribution < -0.4 is 5.32 Å². The second kappa shape index (κ2) is 9.94.